The predicted octanol–water partition coefficient (Wildman–Crippen LogP) is 0.0740. The van der Waals surface area contributed by atoms with Crippen molar-refractivity contribution in [2.75, 3.05) is 13.2 Å². The molecule has 0 saturated heterocycles. The number of nitrogens with two attached hydrogens (primary N) is 2. The largest absolute Gasteiger partial charge is 0.449 e. The molecule has 7 heteroatoms. The normalized spacial score (nSPS) is 24.1. The van der Waals surface area contributed by atoms with Crippen LogP contribution in [0.5, 0.6) is 0 Å². The van der Waals surface area contributed by atoms with Crippen LogP contribution in [0.4, 0.5) is 4.79 Å². The van der Waals surface area contributed by atoms with Gasteiger partial charge in [0.15, 0.2) is 0 Å². The maximum absolute atomic E-state index is 10.8. The third-order valence-corrected chi connectivity index (χ3v) is 2.82. The summed E-state index contributed by atoms with van der Waals surface area (Å²) >= 11 is 0. The van der Waals surface area contributed by atoms with Gasteiger partial charge in [-0.2, -0.15) is 5.90 Å². The fourth-order valence-corrected chi connectivity index (χ4v) is 1.89. The summed E-state index contributed by atoms with van der Waals surface area (Å²) in [6, 6.07) is 0. The lowest BCUT2D eigenvalue weighted by atomic mass is 9.88. The van der Waals surface area contributed by atoms with E-state index < -0.39 is 12.1 Å². The molecule has 0 aliphatic heterocycles. The highest BCUT2D eigenvalue weighted by Gasteiger charge is 2.23. The molecule has 1 saturated carbocycles. The highest BCUT2D eigenvalue weighted by atomic mass is 16.7. The number of carbonyl (C=O) groups is 2. The summed E-state index contributed by atoms with van der Waals surface area (Å²) < 4.78 is 10.1. The number of hydrogen-bond acceptors (Lipinski definition) is 6. The zero-order valence-electron chi connectivity index (χ0n) is 9.59. The Bertz CT molecular complexity index is 263. The molecule has 0 atom stereocenters. The Hall–Kier alpha value is -1.34. The molecule has 1 aliphatic carbocycles. The minimum absolute atomic E-state index is 0.0407. The molecule has 1 aliphatic rings. The van der Waals surface area contributed by atoms with Crippen molar-refractivity contribution in [1.29, 1.82) is 0 Å². The van der Waals surface area contributed by atoms with Gasteiger partial charge in [-0.25, -0.2) is 9.59 Å². The Morgan fingerprint density at radius 1 is 1.18 bits per heavy atom. The van der Waals surface area contributed by atoms with E-state index in [2.05, 4.69) is 10.7 Å². The highest BCUT2D eigenvalue weighted by molar-refractivity contribution is 5.70. The quantitative estimate of drug-likeness (QED) is 0.664. The second kappa shape index (κ2) is 7.08. The number of carbonyl (C=O) groups excluding carboxylic acids is 2. The number of ether oxygens (including phenoxy) is 2. The highest BCUT2D eigenvalue weighted by Crippen LogP contribution is 2.26. The molecule has 0 aromatic rings. The summed E-state index contributed by atoms with van der Waals surface area (Å²) in [5, 5.41) is 0. The van der Waals surface area contributed by atoms with Gasteiger partial charge in [0, 0.05) is 0 Å². The van der Waals surface area contributed by atoms with Crippen molar-refractivity contribution in [2.24, 2.45) is 17.5 Å². The van der Waals surface area contributed by atoms with Crippen molar-refractivity contribution in [3.05, 3.63) is 0 Å². The molecule has 1 rings (SSSR count). The number of rotatable bonds is 5. The smallest absolute Gasteiger partial charge is 0.404 e. The predicted molar refractivity (Wildman–Crippen MR) is 57.5 cm³/mol. The van der Waals surface area contributed by atoms with Gasteiger partial charge >= 0.3 is 12.1 Å². The Morgan fingerprint density at radius 2 is 1.82 bits per heavy atom. The molecule has 1 fully saturated rings. The van der Waals surface area contributed by atoms with E-state index in [1.807, 2.05) is 0 Å². The van der Waals surface area contributed by atoms with Crippen molar-refractivity contribution in [3.63, 3.8) is 0 Å². The second-order valence-electron chi connectivity index (χ2n) is 4.07. The van der Waals surface area contributed by atoms with Crippen LogP contribution >= 0.6 is 0 Å². The first-order valence-corrected chi connectivity index (χ1v) is 5.55. The average Bonchev–Trinajstić information content (AvgIpc) is 2.34. The summed E-state index contributed by atoms with van der Waals surface area (Å²) in [6.45, 7) is 0.233. The van der Waals surface area contributed by atoms with Gasteiger partial charge in [0.05, 0.1) is 12.7 Å². The summed E-state index contributed by atoms with van der Waals surface area (Å²) in [4.78, 5) is 25.2. The van der Waals surface area contributed by atoms with Gasteiger partial charge < -0.3 is 20.0 Å². The lowest BCUT2D eigenvalue weighted by Crippen LogP contribution is -2.28. The zero-order chi connectivity index (χ0) is 12.7. The van der Waals surface area contributed by atoms with Crippen molar-refractivity contribution in [1.82, 2.24) is 0 Å². The molecule has 4 N–H and O–H groups in total. The lowest BCUT2D eigenvalue weighted by molar-refractivity contribution is -0.152. The van der Waals surface area contributed by atoms with Crippen molar-refractivity contribution < 1.29 is 23.9 Å². The van der Waals surface area contributed by atoms with Crippen LogP contribution in [0.25, 0.3) is 0 Å². The van der Waals surface area contributed by atoms with Gasteiger partial charge in [-0.15, -0.1) is 0 Å². The van der Waals surface area contributed by atoms with Gasteiger partial charge in [0.1, 0.15) is 6.61 Å². The minimum atomic E-state index is -0.742. The molecular weight excluding hydrogens is 228 g/mol. The van der Waals surface area contributed by atoms with Crippen LogP contribution in [0, 0.1) is 5.92 Å². The Balaban J connectivity index is 2.13. The standard InChI is InChI=1S/C10H18N2O5/c11-10(14)16-5-7-1-3-8(4-2-7)15-6-9(13)17-12/h7-8H,1-6,12H2,(H2,11,14). The van der Waals surface area contributed by atoms with Crippen LogP contribution in [0.3, 0.4) is 0 Å². The molecule has 0 aromatic heterocycles. The molecular formula is C10H18N2O5. The Labute approximate surface area is 99.3 Å². The first-order valence-electron chi connectivity index (χ1n) is 5.55. The molecule has 17 heavy (non-hydrogen) atoms. The maximum Gasteiger partial charge on any atom is 0.404 e. The van der Waals surface area contributed by atoms with E-state index in [1.165, 1.54) is 0 Å². The molecule has 7 nitrogen and oxygen atoms in total. The van der Waals surface area contributed by atoms with E-state index in [0.29, 0.717) is 12.5 Å². The molecule has 0 bridgehead atoms. The number of primary amides is 1. The molecule has 0 unspecified atom stereocenters. The summed E-state index contributed by atoms with van der Waals surface area (Å²) in [5.41, 5.74) is 4.88. The van der Waals surface area contributed by atoms with E-state index in [9.17, 15) is 9.59 Å². The summed E-state index contributed by atoms with van der Waals surface area (Å²) in [6.07, 6.45) is 2.72. The summed E-state index contributed by atoms with van der Waals surface area (Å²) in [7, 11) is 0. The SMILES string of the molecule is NOC(=O)COC1CCC(COC(N)=O)CC1. The van der Waals surface area contributed by atoms with Crippen molar-refractivity contribution >= 4 is 12.1 Å². The van der Waals surface area contributed by atoms with Crippen LogP contribution in [0.1, 0.15) is 25.7 Å². The lowest BCUT2D eigenvalue weighted by Gasteiger charge is -2.27. The van der Waals surface area contributed by atoms with Crippen molar-refractivity contribution in [3.8, 4) is 0 Å². The molecule has 0 aromatic carbocycles. The van der Waals surface area contributed by atoms with E-state index in [1.54, 1.807) is 0 Å². The molecule has 1 amide bonds. The van der Waals surface area contributed by atoms with E-state index in [0.717, 1.165) is 25.7 Å². The Kier molecular flexibility index (Phi) is 5.71. The van der Waals surface area contributed by atoms with Gasteiger partial charge in [0.2, 0.25) is 0 Å². The minimum Gasteiger partial charge on any atom is -0.449 e. The van der Waals surface area contributed by atoms with E-state index in [-0.39, 0.29) is 12.7 Å². The average molecular weight is 246 g/mol. The summed E-state index contributed by atoms with van der Waals surface area (Å²) in [5.74, 6) is 4.43. The molecule has 0 heterocycles. The monoisotopic (exact) mass is 246 g/mol. The van der Waals surface area contributed by atoms with Crippen LogP contribution in [0.2, 0.25) is 0 Å². The number of amides is 1. The third-order valence-electron chi connectivity index (χ3n) is 2.82. The van der Waals surface area contributed by atoms with Crippen LogP contribution in [0.15, 0.2) is 0 Å². The van der Waals surface area contributed by atoms with Crippen LogP contribution < -0.4 is 11.6 Å². The van der Waals surface area contributed by atoms with E-state index in [4.69, 9.17) is 15.2 Å². The fourth-order valence-electron chi connectivity index (χ4n) is 1.89. The van der Waals surface area contributed by atoms with Crippen LogP contribution in [-0.4, -0.2) is 31.4 Å². The van der Waals surface area contributed by atoms with Crippen LogP contribution in [-0.2, 0) is 19.1 Å². The van der Waals surface area contributed by atoms with Gasteiger partial charge in [0.25, 0.3) is 0 Å². The first-order chi connectivity index (χ1) is 8.11. The first kappa shape index (κ1) is 13.7. The topological polar surface area (TPSA) is 114 Å². The maximum atomic E-state index is 10.8. The number of hydrogen-bond donors (Lipinski definition) is 2. The van der Waals surface area contributed by atoms with Gasteiger partial charge in [-0.05, 0) is 31.6 Å². The zero-order valence-corrected chi connectivity index (χ0v) is 9.59. The second-order valence-corrected chi connectivity index (χ2v) is 4.07. The third kappa shape index (κ3) is 5.50. The fraction of sp³-hybridized carbons (Fsp3) is 0.800. The van der Waals surface area contributed by atoms with Crippen molar-refractivity contribution in [2.45, 2.75) is 31.8 Å². The Morgan fingerprint density at radius 3 is 2.35 bits per heavy atom. The molecule has 0 spiro atoms. The molecule has 98 valence electrons. The van der Waals surface area contributed by atoms with Gasteiger partial charge in [-0.3, -0.25) is 0 Å². The van der Waals surface area contributed by atoms with E-state index >= 15 is 0 Å². The van der Waals surface area contributed by atoms with Gasteiger partial charge in [-0.1, -0.05) is 0 Å². The molecule has 0 radical (unpaired) electrons.